The van der Waals surface area contributed by atoms with Crippen LogP contribution in [0.1, 0.15) is 15.9 Å². The predicted octanol–water partition coefficient (Wildman–Crippen LogP) is 2.12. The molecule has 1 heterocycles. The summed E-state index contributed by atoms with van der Waals surface area (Å²) in [5, 5.41) is 2.86. The maximum Gasteiger partial charge on any atom is 0.417 e. The summed E-state index contributed by atoms with van der Waals surface area (Å²) in [5.41, 5.74) is 3.65. The van der Waals surface area contributed by atoms with Gasteiger partial charge in [0, 0.05) is 31.9 Å². The van der Waals surface area contributed by atoms with Gasteiger partial charge >= 0.3 is 5.76 Å². The number of carbonyl (C=O) groups excluding carboxylic acids is 1. The summed E-state index contributed by atoms with van der Waals surface area (Å²) in [6, 6.07) is 12.7. The zero-order valence-corrected chi connectivity index (χ0v) is 12.9. The number of amides is 1. The number of H-pyrrole nitrogens is 1. The molecule has 0 aliphatic rings. The van der Waals surface area contributed by atoms with Gasteiger partial charge in [-0.2, -0.15) is 0 Å². The van der Waals surface area contributed by atoms with Crippen LogP contribution >= 0.6 is 0 Å². The average molecular weight is 311 g/mol. The fourth-order valence-corrected chi connectivity index (χ4v) is 2.30. The van der Waals surface area contributed by atoms with Crippen LogP contribution in [0.4, 0.5) is 5.69 Å². The van der Waals surface area contributed by atoms with Gasteiger partial charge in [0.2, 0.25) is 0 Å². The van der Waals surface area contributed by atoms with E-state index in [2.05, 4.69) is 10.3 Å². The van der Waals surface area contributed by atoms with Crippen LogP contribution in [0.5, 0.6) is 0 Å². The molecule has 0 aliphatic carbocycles. The van der Waals surface area contributed by atoms with Gasteiger partial charge in [0.1, 0.15) is 0 Å². The van der Waals surface area contributed by atoms with E-state index in [9.17, 15) is 9.59 Å². The second kappa shape index (κ2) is 6.00. The first-order valence-electron chi connectivity index (χ1n) is 7.20. The van der Waals surface area contributed by atoms with E-state index in [0.717, 1.165) is 11.3 Å². The number of oxazole rings is 1. The molecular formula is C17H17N3O3. The Balaban J connectivity index is 1.68. The van der Waals surface area contributed by atoms with Crippen molar-refractivity contribution in [2.45, 2.75) is 6.54 Å². The molecular weight excluding hydrogens is 294 g/mol. The molecule has 2 N–H and O–H groups in total. The Hall–Kier alpha value is -3.02. The van der Waals surface area contributed by atoms with Crippen LogP contribution in [0.2, 0.25) is 0 Å². The Morgan fingerprint density at radius 2 is 1.91 bits per heavy atom. The van der Waals surface area contributed by atoms with Crippen molar-refractivity contribution >= 4 is 22.7 Å². The second-order valence-corrected chi connectivity index (χ2v) is 5.47. The second-order valence-electron chi connectivity index (χ2n) is 5.47. The smallest absolute Gasteiger partial charge is 0.408 e. The number of anilines is 1. The summed E-state index contributed by atoms with van der Waals surface area (Å²) in [7, 11) is 3.90. The summed E-state index contributed by atoms with van der Waals surface area (Å²) in [6.45, 7) is 0.372. The quantitative estimate of drug-likeness (QED) is 0.773. The molecule has 6 heteroatoms. The summed E-state index contributed by atoms with van der Waals surface area (Å²) < 4.78 is 4.95. The highest BCUT2D eigenvalue weighted by atomic mass is 16.4. The Morgan fingerprint density at radius 1 is 1.17 bits per heavy atom. The largest absolute Gasteiger partial charge is 0.417 e. The number of fused-ring (bicyclic) bond motifs is 1. The van der Waals surface area contributed by atoms with Gasteiger partial charge in [-0.25, -0.2) is 4.79 Å². The van der Waals surface area contributed by atoms with E-state index < -0.39 is 5.76 Å². The fourth-order valence-electron chi connectivity index (χ4n) is 2.30. The lowest BCUT2D eigenvalue weighted by molar-refractivity contribution is 0.0951. The number of benzene rings is 2. The van der Waals surface area contributed by atoms with Crippen LogP contribution in [0.25, 0.3) is 11.1 Å². The molecule has 23 heavy (non-hydrogen) atoms. The molecule has 0 bridgehead atoms. The molecule has 1 aromatic heterocycles. The molecule has 3 aromatic rings. The van der Waals surface area contributed by atoms with Gasteiger partial charge in [-0.15, -0.1) is 0 Å². The summed E-state index contributed by atoms with van der Waals surface area (Å²) in [5.74, 6) is -0.627. The van der Waals surface area contributed by atoms with E-state index in [0.29, 0.717) is 23.2 Å². The number of aromatic amines is 1. The highest BCUT2D eigenvalue weighted by Gasteiger charge is 2.07. The Bertz CT molecular complexity index is 891. The van der Waals surface area contributed by atoms with Gasteiger partial charge < -0.3 is 14.6 Å². The molecule has 3 rings (SSSR count). The van der Waals surface area contributed by atoms with E-state index in [-0.39, 0.29) is 5.91 Å². The molecule has 0 spiro atoms. The number of aromatic nitrogens is 1. The molecule has 0 radical (unpaired) electrons. The zero-order chi connectivity index (χ0) is 16.4. The number of hydrogen-bond donors (Lipinski definition) is 2. The van der Waals surface area contributed by atoms with Crippen LogP contribution in [0.3, 0.4) is 0 Å². The van der Waals surface area contributed by atoms with Crippen molar-refractivity contribution in [3.05, 3.63) is 64.1 Å². The zero-order valence-electron chi connectivity index (χ0n) is 12.9. The fraction of sp³-hybridized carbons (Fsp3) is 0.176. The minimum Gasteiger partial charge on any atom is -0.408 e. The normalized spacial score (nSPS) is 10.7. The third-order valence-electron chi connectivity index (χ3n) is 3.58. The minimum absolute atomic E-state index is 0.143. The number of carbonyl (C=O) groups is 1. The van der Waals surface area contributed by atoms with Crippen molar-refractivity contribution in [1.29, 1.82) is 0 Å². The standard InChI is InChI=1S/C17H17N3O3/c1-20(2)13-6-4-12(5-7-13)16(21)18-10-11-3-8-15-14(9-11)19-17(22)23-15/h3-9H,10H2,1-2H3,(H,18,21)(H,19,22). The van der Waals surface area contributed by atoms with E-state index in [1.165, 1.54) is 0 Å². The first-order valence-corrected chi connectivity index (χ1v) is 7.20. The van der Waals surface area contributed by atoms with E-state index >= 15 is 0 Å². The molecule has 0 saturated carbocycles. The lowest BCUT2D eigenvalue weighted by Crippen LogP contribution is -2.22. The van der Waals surface area contributed by atoms with Crippen LogP contribution in [0.15, 0.2) is 51.7 Å². The van der Waals surface area contributed by atoms with Crippen molar-refractivity contribution in [2.24, 2.45) is 0 Å². The molecule has 0 fully saturated rings. The average Bonchev–Trinajstić information content (AvgIpc) is 2.92. The highest BCUT2D eigenvalue weighted by molar-refractivity contribution is 5.94. The van der Waals surface area contributed by atoms with Crippen LogP contribution in [-0.2, 0) is 6.54 Å². The van der Waals surface area contributed by atoms with Crippen LogP contribution in [-0.4, -0.2) is 25.0 Å². The monoisotopic (exact) mass is 311 g/mol. The van der Waals surface area contributed by atoms with Gasteiger partial charge in [0.25, 0.3) is 5.91 Å². The van der Waals surface area contributed by atoms with Crippen molar-refractivity contribution in [2.75, 3.05) is 19.0 Å². The first-order chi connectivity index (χ1) is 11.0. The van der Waals surface area contributed by atoms with Gasteiger partial charge in [-0.05, 0) is 42.0 Å². The summed E-state index contributed by atoms with van der Waals surface area (Å²) in [6.07, 6.45) is 0. The molecule has 0 aliphatic heterocycles. The molecule has 1 amide bonds. The van der Waals surface area contributed by atoms with Gasteiger partial charge in [0.15, 0.2) is 5.58 Å². The Labute approximate surface area is 132 Å². The lowest BCUT2D eigenvalue weighted by Gasteiger charge is -2.12. The van der Waals surface area contributed by atoms with Gasteiger partial charge in [-0.1, -0.05) is 6.07 Å². The van der Waals surface area contributed by atoms with Crippen LogP contribution in [0, 0.1) is 0 Å². The summed E-state index contributed by atoms with van der Waals surface area (Å²) >= 11 is 0. The third kappa shape index (κ3) is 3.26. The Morgan fingerprint density at radius 3 is 2.61 bits per heavy atom. The lowest BCUT2D eigenvalue weighted by atomic mass is 10.1. The van der Waals surface area contributed by atoms with Crippen molar-refractivity contribution < 1.29 is 9.21 Å². The summed E-state index contributed by atoms with van der Waals surface area (Å²) in [4.78, 5) is 27.9. The van der Waals surface area contributed by atoms with Gasteiger partial charge in [-0.3, -0.25) is 9.78 Å². The first kappa shape index (κ1) is 14.9. The SMILES string of the molecule is CN(C)c1ccc(C(=O)NCc2ccc3oc(=O)[nH]c3c2)cc1. The minimum atomic E-state index is -0.484. The number of rotatable bonds is 4. The van der Waals surface area contributed by atoms with Crippen molar-refractivity contribution in [3.8, 4) is 0 Å². The molecule has 6 nitrogen and oxygen atoms in total. The van der Waals surface area contributed by atoms with E-state index in [4.69, 9.17) is 4.42 Å². The van der Waals surface area contributed by atoms with E-state index in [1.54, 1.807) is 24.3 Å². The van der Waals surface area contributed by atoms with E-state index in [1.807, 2.05) is 37.2 Å². The number of hydrogen-bond acceptors (Lipinski definition) is 4. The number of nitrogens with one attached hydrogen (secondary N) is 2. The van der Waals surface area contributed by atoms with Crippen molar-refractivity contribution in [3.63, 3.8) is 0 Å². The van der Waals surface area contributed by atoms with Crippen molar-refractivity contribution in [1.82, 2.24) is 10.3 Å². The van der Waals surface area contributed by atoms with Crippen LogP contribution < -0.4 is 16.0 Å². The predicted molar refractivity (Wildman–Crippen MR) is 88.8 cm³/mol. The maximum absolute atomic E-state index is 12.2. The molecule has 118 valence electrons. The molecule has 0 saturated heterocycles. The maximum atomic E-state index is 12.2. The number of nitrogens with zero attached hydrogens (tertiary/aromatic N) is 1. The topological polar surface area (TPSA) is 78.3 Å². The Kier molecular flexibility index (Phi) is 3.89. The molecule has 2 aromatic carbocycles. The third-order valence-corrected chi connectivity index (χ3v) is 3.58. The molecule has 0 unspecified atom stereocenters. The highest BCUT2D eigenvalue weighted by Crippen LogP contribution is 2.14. The van der Waals surface area contributed by atoms with Gasteiger partial charge in [0.05, 0.1) is 5.52 Å². The molecule has 0 atom stereocenters.